The number of carboxylic acids is 1. The minimum atomic E-state index is -1.35. The fourth-order valence-electron chi connectivity index (χ4n) is 4.73. The topological polar surface area (TPSA) is 60.4 Å². The van der Waals surface area contributed by atoms with Gasteiger partial charge in [0.15, 0.2) is 0 Å². The second kappa shape index (κ2) is 21.2. The predicted octanol–water partition coefficient (Wildman–Crippen LogP) is 6.00. The second-order valence-electron chi connectivity index (χ2n) is 9.83. The number of aliphatic carboxylic acids is 1. The molecule has 0 aromatic rings. The molecule has 0 bridgehead atoms. The van der Waals surface area contributed by atoms with Crippen LogP contribution in [0.4, 0.5) is 0 Å². The normalized spacial score (nSPS) is 12.9. The Bertz CT molecular complexity index is 359. The Morgan fingerprint density at radius 2 is 0.903 bits per heavy atom. The van der Waals surface area contributed by atoms with Gasteiger partial charge in [0.1, 0.15) is 12.6 Å². The molecule has 0 heterocycles. The minimum Gasteiger partial charge on any atom is -0.547 e. The Balaban J connectivity index is 4.86. The van der Waals surface area contributed by atoms with Crippen LogP contribution in [0.1, 0.15) is 136 Å². The molecule has 0 spiro atoms. The van der Waals surface area contributed by atoms with E-state index in [2.05, 4.69) is 20.8 Å². The van der Waals surface area contributed by atoms with Crippen LogP contribution in [0.2, 0.25) is 0 Å². The van der Waals surface area contributed by atoms with Crippen LogP contribution in [0.15, 0.2) is 0 Å². The van der Waals surface area contributed by atoms with Gasteiger partial charge in [-0.25, -0.2) is 0 Å². The van der Waals surface area contributed by atoms with Crippen molar-refractivity contribution in [2.45, 2.75) is 142 Å². The summed E-state index contributed by atoms with van der Waals surface area (Å²) in [4.78, 5) is 11.4. The number of hydrogen-bond donors (Lipinski definition) is 1. The number of hydrogen-bond acceptors (Lipinski definition) is 3. The fourth-order valence-corrected chi connectivity index (χ4v) is 4.73. The Morgan fingerprint density at radius 3 is 1.19 bits per heavy atom. The molecule has 0 aromatic heterocycles. The zero-order valence-corrected chi connectivity index (χ0v) is 21.3. The van der Waals surface area contributed by atoms with Crippen LogP contribution < -0.4 is 5.11 Å². The van der Waals surface area contributed by atoms with Crippen LogP contribution in [0.3, 0.4) is 0 Å². The lowest BCUT2D eigenvalue weighted by molar-refractivity contribution is -0.931. The quantitative estimate of drug-likeness (QED) is 0.148. The van der Waals surface area contributed by atoms with Gasteiger partial charge in [-0.2, -0.15) is 0 Å². The van der Waals surface area contributed by atoms with Gasteiger partial charge in [-0.05, 0) is 38.5 Å². The first-order valence-electron chi connectivity index (χ1n) is 13.7. The van der Waals surface area contributed by atoms with Crippen molar-refractivity contribution >= 4 is 5.97 Å². The zero-order chi connectivity index (χ0) is 23.2. The molecule has 0 aliphatic rings. The Kier molecular flexibility index (Phi) is 20.8. The van der Waals surface area contributed by atoms with Crippen LogP contribution in [-0.2, 0) is 4.79 Å². The predicted molar refractivity (Wildman–Crippen MR) is 131 cm³/mol. The summed E-state index contributed by atoms with van der Waals surface area (Å²) in [5, 5.41) is 21.6. The zero-order valence-electron chi connectivity index (χ0n) is 21.3. The van der Waals surface area contributed by atoms with Gasteiger partial charge in [-0.15, -0.1) is 0 Å². The van der Waals surface area contributed by atoms with Crippen molar-refractivity contribution in [2.24, 2.45) is 0 Å². The van der Waals surface area contributed by atoms with Crippen LogP contribution in [-0.4, -0.2) is 47.8 Å². The summed E-state index contributed by atoms with van der Waals surface area (Å²) in [6.45, 7) is 10.0. The molecule has 0 saturated heterocycles. The van der Waals surface area contributed by atoms with Crippen LogP contribution in [0.25, 0.3) is 0 Å². The summed E-state index contributed by atoms with van der Waals surface area (Å²) in [5.74, 6) is -1.31. The van der Waals surface area contributed by atoms with Gasteiger partial charge in [0.2, 0.25) is 0 Å². The van der Waals surface area contributed by atoms with Crippen LogP contribution in [0, 0.1) is 0 Å². The summed E-state index contributed by atoms with van der Waals surface area (Å²) >= 11 is 0. The molecule has 186 valence electrons. The Hall–Kier alpha value is -0.610. The van der Waals surface area contributed by atoms with E-state index in [9.17, 15) is 15.0 Å². The highest BCUT2D eigenvalue weighted by molar-refractivity contribution is 5.69. The molecule has 1 atom stereocenters. The lowest BCUT2D eigenvalue weighted by atomic mass is 10.1. The maximum absolute atomic E-state index is 11.4. The number of carbonyl (C=O) groups excluding carboxylic acids is 1. The monoisotopic (exact) mass is 441 g/mol. The maximum atomic E-state index is 11.4. The SMILES string of the molecule is CCCCCCCC[N+](CCCCCCCC)(CCCCCCCC)CC(O)C(=O)[O-]. The van der Waals surface area contributed by atoms with Crippen molar-refractivity contribution < 1.29 is 19.5 Å². The second-order valence-corrected chi connectivity index (χ2v) is 9.83. The number of aliphatic hydroxyl groups is 1. The van der Waals surface area contributed by atoms with Crippen molar-refractivity contribution in [3.8, 4) is 0 Å². The van der Waals surface area contributed by atoms with Gasteiger partial charge in [0, 0.05) is 0 Å². The number of nitrogens with zero attached hydrogens (tertiary/aromatic N) is 1. The maximum Gasteiger partial charge on any atom is 0.142 e. The molecule has 0 radical (unpaired) electrons. The van der Waals surface area contributed by atoms with Gasteiger partial charge in [-0.1, -0.05) is 97.8 Å². The van der Waals surface area contributed by atoms with E-state index in [1.54, 1.807) is 0 Å². The van der Waals surface area contributed by atoms with E-state index in [0.717, 1.165) is 43.4 Å². The molecule has 0 aromatic carbocycles. The van der Waals surface area contributed by atoms with Crippen molar-refractivity contribution in [2.75, 3.05) is 26.2 Å². The van der Waals surface area contributed by atoms with Gasteiger partial charge in [0.05, 0.1) is 25.6 Å². The van der Waals surface area contributed by atoms with Gasteiger partial charge >= 0.3 is 0 Å². The standard InChI is InChI=1S/C27H55NO3/c1-4-7-10-13-16-19-22-28(25-26(29)27(30)31,23-20-17-14-11-8-5-2)24-21-18-15-12-9-6-3/h26,29H,4-25H2,1-3H3. The molecule has 1 unspecified atom stereocenters. The number of rotatable bonds is 24. The third-order valence-electron chi connectivity index (χ3n) is 6.79. The molecule has 0 rings (SSSR count). The smallest absolute Gasteiger partial charge is 0.142 e. The first kappa shape index (κ1) is 30.4. The Labute approximate surface area is 194 Å². The lowest BCUT2D eigenvalue weighted by Gasteiger charge is -2.41. The highest BCUT2D eigenvalue weighted by atomic mass is 16.4. The van der Waals surface area contributed by atoms with E-state index >= 15 is 0 Å². The Morgan fingerprint density at radius 1 is 0.613 bits per heavy atom. The summed E-state index contributed by atoms with van der Waals surface area (Å²) in [7, 11) is 0. The number of quaternary nitrogens is 1. The molecule has 0 aliphatic carbocycles. The third-order valence-corrected chi connectivity index (χ3v) is 6.79. The average molecular weight is 442 g/mol. The summed E-state index contributed by atoms with van der Waals surface area (Å²) in [6.07, 6.45) is 21.1. The molecule has 4 nitrogen and oxygen atoms in total. The number of aliphatic hydroxyl groups excluding tert-OH is 1. The summed E-state index contributed by atoms with van der Waals surface area (Å²) in [6, 6.07) is 0. The first-order valence-corrected chi connectivity index (χ1v) is 13.7. The first-order chi connectivity index (χ1) is 15.0. The number of carboxylic acid groups (broad SMARTS) is 1. The third kappa shape index (κ3) is 17.6. The highest BCUT2D eigenvalue weighted by Gasteiger charge is 2.30. The fraction of sp³-hybridized carbons (Fsp3) is 0.963. The summed E-state index contributed by atoms with van der Waals surface area (Å²) < 4.78 is 0.768. The van der Waals surface area contributed by atoms with Crippen LogP contribution >= 0.6 is 0 Å². The van der Waals surface area contributed by atoms with Crippen molar-refractivity contribution in [3.63, 3.8) is 0 Å². The van der Waals surface area contributed by atoms with E-state index in [1.165, 1.54) is 96.3 Å². The van der Waals surface area contributed by atoms with Crippen molar-refractivity contribution in [1.82, 2.24) is 0 Å². The van der Waals surface area contributed by atoms with E-state index in [0.29, 0.717) is 6.54 Å². The molecular formula is C27H55NO3. The van der Waals surface area contributed by atoms with E-state index in [-0.39, 0.29) is 0 Å². The van der Waals surface area contributed by atoms with Gasteiger partial charge in [-0.3, -0.25) is 0 Å². The molecule has 31 heavy (non-hydrogen) atoms. The highest BCUT2D eigenvalue weighted by Crippen LogP contribution is 2.19. The van der Waals surface area contributed by atoms with E-state index in [1.807, 2.05) is 0 Å². The molecule has 0 saturated carbocycles. The molecular weight excluding hydrogens is 386 g/mol. The molecule has 0 amide bonds. The summed E-state index contributed by atoms with van der Waals surface area (Å²) in [5.41, 5.74) is 0. The van der Waals surface area contributed by atoms with Gasteiger partial charge in [0.25, 0.3) is 0 Å². The lowest BCUT2D eigenvalue weighted by Crippen LogP contribution is -2.57. The van der Waals surface area contributed by atoms with Crippen LogP contribution in [0.5, 0.6) is 0 Å². The molecule has 4 heteroatoms. The number of carbonyl (C=O) groups is 1. The van der Waals surface area contributed by atoms with Crippen molar-refractivity contribution in [3.05, 3.63) is 0 Å². The largest absolute Gasteiger partial charge is 0.547 e. The molecule has 0 aliphatic heterocycles. The van der Waals surface area contributed by atoms with Crippen molar-refractivity contribution in [1.29, 1.82) is 0 Å². The van der Waals surface area contributed by atoms with E-state index < -0.39 is 12.1 Å². The average Bonchev–Trinajstić information content (AvgIpc) is 2.75. The van der Waals surface area contributed by atoms with E-state index in [4.69, 9.17) is 0 Å². The minimum absolute atomic E-state index is 0.321. The molecule has 0 fully saturated rings. The van der Waals surface area contributed by atoms with Gasteiger partial charge < -0.3 is 19.5 Å². The number of unbranched alkanes of at least 4 members (excludes halogenated alkanes) is 15. The molecule has 1 N–H and O–H groups in total.